The number of nitrogens with two attached hydrogens (primary N) is 1. The van der Waals surface area contributed by atoms with Crippen molar-refractivity contribution < 1.29 is 0 Å². The van der Waals surface area contributed by atoms with Crippen LogP contribution >= 0.6 is 0 Å². The maximum absolute atomic E-state index is 6.19. The van der Waals surface area contributed by atoms with Gasteiger partial charge in [0, 0.05) is 18.5 Å². The second-order valence-corrected chi connectivity index (χ2v) is 4.32. The van der Waals surface area contributed by atoms with Gasteiger partial charge < -0.3 is 5.73 Å². The van der Waals surface area contributed by atoms with Crippen molar-refractivity contribution in [3.8, 4) is 0 Å². The Bertz CT molecular complexity index is 326. The van der Waals surface area contributed by atoms with Crippen LogP contribution in [0.1, 0.15) is 25.1 Å². The molecule has 1 unspecified atom stereocenters. The second-order valence-electron chi connectivity index (χ2n) is 4.32. The number of rotatable bonds is 1. The summed E-state index contributed by atoms with van der Waals surface area (Å²) in [6, 6.07) is 0. The second kappa shape index (κ2) is 2.32. The molecule has 1 aromatic heterocycles. The highest BCUT2D eigenvalue weighted by molar-refractivity contribution is 5.08. The predicted octanol–water partition coefficient (Wildman–Crippen LogP) is 0.332. The van der Waals surface area contributed by atoms with E-state index in [9.17, 15) is 0 Å². The molecule has 0 aromatic carbocycles. The van der Waals surface area contributed by atoms with E-state index in [1.807, 2.05) is 4.68 Å². The molecule has 1 atom stereocenters. The van der Waals surface area contributed by atoms with Crippen molar-refractivity contribution in [2.24, 2.45) is 11.7 Å². The fraction of sp³-hybridized carbons (Fsp3) is 0.778. The van der Waals surface area contributed by atoms with Gasteiger partial charge in [-0.2, -0.15) is 5.10 Å². The van der Waals surface area contributed by atoms with Gasteiger partial charge in [0.05, 0.1) is 0 Å². The zero-order valence-electron chi connectivity index (χ0n) is 7.61. The molecule has 1 fully saturated rings. The molecule has 1 saturated carbocycles. The number of hydrogen-bond donors (Lipinski definition) is 1. The summed E-state index contributed by atoms with van der Waals surface area (Å²) in [4.78, 5) is 4.24. The Morgan fingerprint density at radius 1 is 1.54 bits per heavy atom. The van der Waals surface area contributed by atoms with Crippen LogP contribution in [0.2, 0.25) is 0 Å². The largest absolute Gasteiger partial charge is 0.325 e. The fourth-order valence-electron chi connectivity index (χ4n) is 2.28. The average molecular weight is 178 g/mol. The van der Waals surface area contributed by atoms with E-state index < -0.39 is 0 Å². The van der Waals surface area contributed by atoms with Crippen molar-refractivity contribution in [3.63, 3.8) is 0 Å². The number of nitrogens with zero attached hydrogens (tertiary/aromatic N) is 3. The molecule has 2 aliphatic rings. The van der Waals surface area contributed by atoms with Crippen LogP contribution in [0.25, 0.3) is 0 Å². The van der Waals surface area contributed by atoms with Crippen LogP contribution in [0, 0.1) is 5.92 Å². The Labute approximate surface area is 77.1 Å². The van der Waals surface area contributed by atoms with Gasteiger partial charge in [-0.1, -0.05) is 0 Å². The van der Waals surface area contributed by atoms with Crippen LogP contribution in [0.4, 0.5) is 0 Å². The van der Waals surface area contributed by atoms with Crippen LogP contribution in [0.15, 0.2) is 6.33 Å². The maximum Gasteiger partial charge on any atom is 0.138 e. The highest BCUT2D eigenvalue weighted by Crippen LogP contribution is 2.43. The maximum atomic E-state index is 6.19. The number of hydrogen-bond acceptors (Lipinski definition) is 3. The summed E-state index contributed by atoms with van der Waals surface area (Å²) < 4.78 is 2.00. The Kier molecular flexibility index (Phi) is 1.34. The Hall–Kier alpha value is -0.900. The third kappa shape index (κ3) is 1.09. The normalized spacial score (nSPS) is 29.8. The molecule has 3 rings (SSSR count). The lowest BCUT2D eigenvalue weighted by molar-refractivity contribution is 0.299. The molecule has 1 aliphatic heterocycles. The fourth-order valence-corrected chi connectivity index (χ4v) is 2.28. The van der Waals surface area contributed by atoms with E-state index in [4.69, 9.17) is 5.73 Å². The summed E-state index contributed by atoms with van der Waals surface area (Å²) >= 11 is 0. The molecule has 70 valence electrons. The highest BCUT2D eigenvalue weighted by atomic mass is 15.3. The van der Waals surface area contributed by atoms with Gasteiger partial charge in [-0.15, -0.1) is 0 Å². The summed E-state index contributed by atoms with van der Waals surface area (Å²) in [6.45, 7) is 0.999. The summed E-state index contributed by atoms with van der Waals surface area (Å²) in [5.74, 6) is 1.76. The van der Waals surface area contributed by atoms with Crippen molar-refractivity contribution in [2.45, 2.75) is 37.8 Å². The zero-order valence-corrected chi connectivity index (χ0v) is 7.61. The lowest BCUT2D eigenvalue weighted by Gasteiger charge is -2.27. The van der Waals surface area contributed by atoms with Gasteiger partial charge in [0.15, 0.2) is 0 Å². The topological polar surface area (TPSA) is 56.7 Å². The van der Waals surface area contributed by atoms with Crippen LogP contribution in [-0.2, 0) is 13.0 Å². The highest BCUT2D eigenvalue weighted by Gasteiger charge is 2.46. The summed E-state index contributed by atoms with van der Waals surface area (Å²) in [5.41, 5.74) is 6.34. The first-order valence-corrected chi connectivity index (χ1v) is 4.93. The van der Waals surface area contributed by atoms with Crippen molar-refractivity contribution in [3.05, 3.63) is 12.2 Å². The quantitative estimate of drug-likeness (QED) is 0.674. The molecule has 13 heavy (non-hydrogen) atoms. The standard InChI is InChI=1S/C9H14N4/c10-9(2-3-9)7-1-4-13-8(5-7)11-6-12-13/h6-7H,1-5,10H2. The van der Waals surface area contributed by atoms with Gasteiger partial charge >= 0.3 is 0 Å². The van der Waals surface area contributed by atoms with Gasteiger partial charge in [0.25, 0.3) is 0 Å². The summed E-state index contributed by atoms with van der Waals surface area (Å²) in [7, 11) is 0. The van der Waals surface area contributed by atoms with Crippen LogP contribution in [-0.4, -0.2) is 20.3 Å². The molecule has 0 radical (unpaired) electrons. The first-order valence-electron chi connectivity index (χ1n) is 4.93. The molecule has 1 aromatic rings. The van der Waals surface area contributed by atoms with Gasteiger partial charge in [-0.3, -0.25) is 4.68 Å². The Morgan fingerprint density at radius 2 is 2.38 bits per heavy atom. The van der Waals surface area contributed by atoms with E-state index >= 15 is 0 Å². The van der Waals surface area contributed by atoms with Gasteiger partial charge in [0.1, 0.15) is 12.2 Å². The molecule has 4 nitrogen and oxygen atoms in total. The molecule has 0 bridgehead atoms. The van der Waals surface area contributed by atoms with Crippen molar-refractivity contribution in [2.75, 3.05) is 0 Å². The lowest BCUT2D eigenvalue weighted by atomic mass is 9.89. The van der Waals surface area contributed by atoms with Crippen molar-refractivity contribution >= 4 is 0 Å². The monoisotopic (exact) mass is 178 g/mol. The molecule has 1 aliphatic carbocycles. The molecular weight excluding hydrogens is 164 g/mol. The predicted molar refractivity (Wildman–Crippen MR) is 48.0 cm³/mol. The van der Waals surface area contributed by atoms with E-state index in [1.165, 1.54) is 19.3 Å². The minimum Gasteiger partial charge on any atom is -0.325 e. The van der Waals surface area contributed by atoms with E-state index in [0.717, 1.165) is 18.8 Å². The Morgan fingerprint density at radius 3 is 3.15 bits per heavy atom. The minimum absolute atomic E-state index is 0.150. The third-order valence-corrected chi connectivity index (χ3v) is 3.45. The van der Waals surface area contributed by atoms with E-state index in [1.54, 1.807) is 6.33 Å². The smallest absolute Gasteiger partial charge is 0.138 e. The summed E-state index contributed by atoms with van der Waals surface area (Å²) in [5, 5.41) is 4.16. The summed E-state index contributed by atoms with van der Waals surface area (Å²) in [6.07, 6.45) is 6.24. The van der Waals surface area contributed by atoms with Crippen LogP contribution in [0.5, 0.6) is 0 Å². The van der Waals surface area contributed by atoms with Crippen LogP contribution in [0.3, 0.4) is 0 Å². The molecule has 2 heterocycles. The molecular formula is C9H14N4. The van der Waals surface area contributed by atoms with Gasteiger partial charge in [-0.25, -0.2) is 4.98 Å². The molecule has 0 saturated heterocycles. The number of fused-ring (bicyclic) bond motifs is 1. The SMILES string of the molecule is NC1(C2CCn3ncnc3C2)CC1. The molecule has 4 heteroatoms. The number of aryl methyl sites for hydroxylation is 1. The zero-order chi connectivity index (χ0) is 8.89. The van der Waals surface area contributed by atoms with E-state index in [2.05, 4.69) is 10.1 Å². The minimum atomic E-state index is 0.150. The Balaban J connectivity index is 1.84. The van der Waals surface area contributed by atoms with Gasteiger partial charge in [-0.05, 0) is 25.2 Å². The number of aromatic nitrogens is 3. The molecule has 0 amide bonds. The first kappa shape index (κ1) is 7.50. The van der Waals surface area contributed by atoms with E-state index in [0.29, 0.717) is 5.92 Å². The molecule has 0 spiro atoms. The lowest BCUT2D eigenvalue weighted by Crippen LogP contribution is -2.37. The van der Waals surface area contributed by atoms with E-state index in [-0.39, 0.29) is 5.54 Å². The van der Waals surface area contributed by atoms with Crippen LogP contribution < -0.4 is 5.73 Å². The van der Waals surface area contributed by atoms with Crippen molar-refractivity contribution in [1.82, 2.24) is 14.8 Å². The average Bonchev–Trinajstić information content (AvgIpc) is 2.74. The van der Waals surface area contributed by atoms with Crippen molar-refractivity contribution in [1.29, 1.82) is 0 Å². The first-order chi connectivity index (χ1) is 6.28. The van der Waals surface area contributed by atoms with Gasteiger partial charge in [0.2, 0.25) is 0 Å². The molecule has 2 N–H and O–H groups in total. The third-order valence-electron chi connectivity index (χ3n) is 3.45.